The molecule has 1 aromatic rings. The number of hydrogen-bond acceptors (Lipinski definition) is 2. The molecule has 0 aliphatic heterocycles. The first-order valence-corrected chi connectivity index (χ1v) is 7.41. The van der Waals surface area contributed by atoms with Gasteiger partial charge in [-0.05, 0) is 79.4 Å². The van der Waals surface area contributed by atoms with Crippen LogP contribution in [0.3, 0.4) is 0 Å². The molecule has 1 unspecified atom stereocenters. The molecule has 5 rings (SSSR count). The molecular formula is C16H22N2. The van der Waals surface area contributed by atoms with Gasteiger partial charge in [0.2, 0.25) is 0 Å². The number of nitrogens with zero attached hydrogens (tertiary/aromatic N) is 1. The van der Waals surface area contributed by atoms with E-state index in [0.717, 1.165) is 17.8 Å². The SMILES string of the molecule is NC(c1ccncc1)C12CC3CC(CC(C3)C1)C2. The monoisotopic (exact) mass is 242 g/mol. The summed E-state index contributed by atoms with van der Waals surface area (Å²) < 4.78 is 0. The van der Waals surface area contributed by atoms with Crippen LogP contribution in [-0.4, -0.2) is 4.98 Å². The van der Waals surface area contributed by atoms with Gasteiger partial charge in [0, 0.05) is 18.4 Å². The van der Waals surface area contributed by atoms with Crippen LogP contribution in [-0.2, 0) is 0 Å². The van der Waals surface area contributed by atoms with Gasteiger partial charge >= 0.3 is 0 Å². The first-order valence-electron chi connectivity index (χ1n) is 7.41. The maximum atomic E-state index is 6.67. The number of rotatable bonds is 2. The quantitative estimate of drug-likeness (QED) is 0.864. The van der Waals surface area contributed by atoms with Gasteiger partial charge in [0.1, 0.15) is 0 Å². The van der Waals surface area contributed by atoms with Crippen LogP contribution in [0, 0.1) is 23.2 Å². The second-order valence-corrected chi connectivity index (χ2v) is 7.04. The molecule has 2 heteroatoms. The van der Waals surface area contributed by atoms with Gasteiger partial charge in [-0.1, -0.05) is 0 Å². The summed E-state index contributed by atoms with van der Waals surface area (Å²) in [4.78, 5) is 4.12. The number of hydrogen-bond donors (Lipinski definition) is 1. The summed E-state index contributed by atoms with van der Waals surface area (Å²) in [6.45, 7) is 0. The zero-order valence-corrected chi connectivity index (χ0v) is 10.9. The Bertz CT molecular complexity index is 404. The highest BCUT2D eigenvalue weighted by Crippen LogP contribution is 2.63. The number of pyridine rings is 1. The highest BCUT2D eigenvalue weighted by atomic mass is 14.7. The van der Waals surface area contributed by atoms with Crippen molar-refractivity contribution in [2.24, 2.45) is 28.9 Å². The second kappa shape index (κ2) is 3.80. The summed E-state index contributed by atoms with van der Waals surface area (Å²) in [5, 5.41) is 0. The standard InChI is InChI=1S/C16H22N2/c17-15(14-1-3-18-4-2-14)16-8-11-5-12(9-16)7-13(6-11)10-16/h1-4,11-13,15H,5-10,17H2. The van der Waals surface area contributed by atoms with Crippen LogP contribution in [0.5, 0.6) is 0 Å². The minimum atomic E-state index is 0.230. The minimum Gasteiger partial charge on any atom is -0.323 e. The Morgan fingerprint density at radius 2 is 1.50 bits per heavy atom. The fraction of sp³-hybridized carbons (Fsp3) is 0.688. The van der Waals surface area contributed by atoms with E-state index >= 15 is 0 Å². The first-order chi connectivity index (χ1) is 8.75. The molecule has 2 nitrogen and oxygen atoms in total. The first kappa shape index (κ1) is 11.0. The highest BCUT2D eigenvalue weighted by molar-refractivity contribution is 5.20. The predicted octanol–water partition coefficient (Wildman–Crippen LogP) is 3.30. The van der Waals surface area contributed by atoms with E-state index in [1.54, 1.807) is 0 Å². The fourth-order valence-electron chi connectivity index (χ4n) is 5.48. The summed E-state index contributed by atoms with van der Waals surface area (Å²) >= 11 is 0. The van der Waals surface area contributed by atoms with Gasteiger partial charge < -0.3 is 5.73 Å². The molecule has 4 fully saturated rings. The van der Waals surface area contributed by atoms with E-state index in [1.165, 1.54) is 44.1 Å². The molecule has 1 heterocycles. The van der Waals surface area contributed by atoms with Crippen molar-refractivity contribution in [2.45, 2.75) is 44.6 Å². The fourth-order valence-corrected chi connectivity index (χ4v) is 5.48. The molecule has 4 saturated carbocycles. The van der Waals surface area contributed by atoms with Crippen molar-refractivity contribution in [3.8, 4) is 0 Å². The predicted molar refractivity (Wildman–Crippen MR) is 71.8 cm³/mol. The molecule has 0 amide bonds. The maximum absolute atomic E-state index is 6.67. The average molecular weight is 242 g/mol. The average Bonchev–Trinajstić information content (AvgIpc) is 2.37. The summed E-state index contributed by atoms with van der Waals surface area (Å²) in [6.07, 6.45) is 12.4. The Balaban J connectivity index is 1.67. The van der Waals surface area contributed by atoms with Crippen LogP contribution in [0.25, 0.3) is 0 Å². The summed E-state index contributed by atoms with van der Waals surface area (Å²) in [7, 11) is 0. The van der Waals surface area contributed by atoms with Gasteiger partial charge in [0.05, 0.1) is 0 Å². The summed E-state index contributed by atoms with van der Waals surface area (Å²) in [6, 6.07) is 4.46. The van der Waals surface area contributed by atoms with Crippen LogP contribution >= 0.6 is 0 Å². The van der Waals surface area contributed by atoms with Crippen LogP contribution in [0.1, 0.15) is 50.1 Å². The second-order valence-electron chi connectivity index (χ2n) is 7.04. The maximum Gasteiger partial charge on any atom is 0.0353 e. The van der Waals surface area contributed by atoms with Crippen LogP contribution < -0.4 is 5.73 Å². The third kappa shape index (κ3) is 1.55. The van der Waals surface area contributed by atoms with E-state index in [0.29, 0.717) is 5.41 Å². The molecule has 4 aliphatic rings. The van der Waals surface area contributed by atoms with Gasteiger partial charge in [-0.3, -0.25) is 4.98 Å². The zero-order chi connectivity index (χ0) is 12.2. The van der Waals surface area contributed by atoms with E-state index < -0.39 is 0 Å². The van der Waals surface area contributed by atoms with Crippen molar-refractivity contribution >= 4 is 0 Å². The van der Waals surface area contributed by atoms with E-state index in [-0.39, 0.29) is 6.04 Å². The third-order valence-corrected chi connectivity index (χ3v) is 5.81. The Hall–Kier alpha value is -0.890. The molecule has 0 spiro atoms. The smallest absolute Gasteiger partial charge is 0.0353 e. The molecule has 0 aromatic carbocycles. The lowest BCUT2D eigenvalue weighted by Crippen LogP contribution is -2.50. The van der Waals surface area contributed by atoms with Gasteiger partial charge in [0.15, 0.2) is 0 Å². The van der Waals surface area contributed by atoms with Crippen molar-refractivity contribution in [3.05, 3.63) is 30.1 Å². The largest absolute Gasteiger partial charge is 0.323 e. The van der Waals surface area contributed by atoms with Gasteiger partial charge in [-0.2, -0.15) is 0 Å². The lowest BCUT2D eigenvalue weighted by molar-refractivity contribution is -0.0677. The van der Waals surface area contributed by atoms with Gasteiger partial charge in [-0.15, -0.1) is 0 Å². The molecular weight excluding hydrogens is 220 g/mol. The van der Waals surface area contributed by atoms with E-state index in [1.807, 2.05) is 12.4 Å². The molecule has 1 atom stereocenters. The lowest BCUT2D eigenvalue weighted by atomic mass is 9.47. The summed E-state index contributed by atoms with van der Waals surface area (Å²) in [5.74, 6) is 2.93. The van der Waals surface area contributed by atoms with Crippen molar-refractivity contribution < 1.29 is 0 Å². The Morgan fingerprint density at radius 3 is 2.00 bits per heavy atom. The van der Waals surface area contributed by atoms with E-state index in [4.69, 9.17) is 5.73 Å². The molecule has 0 radical (unpaired) electrons. The molecule has 4 aliphatic carbocycles. The highest BCUT2D eigenvalue weighted by Gasteiger charge is 2.53. The minimum absolute atomic E-state index is 0.230. The third-order valence-electron chi connectivity index (χ3n) is 5.81. The van der Waals surface area contributed by atoms with Crippen molar-refractivity contribution in [1.82, 2.24) is 4.98 Å². The Labute approximate surface area is 109 Å². The molecule has 0 saturated heterocycles. The van der Waals surface area contributed by atoms with Gasteiger partial charge in [-0.25, -0.2) is 0 Å². The number of aromatic nitrogens is 1. The normalized spacial score (nSPS) is 43.1. The van der Waals surface area contributed by atoms with Crippen molar-refractivity contribution in [1.29, 1.82) is 0 Å². The molecule has 18 heavy (non-hydrogen) atoms. The topological polar surface area (TPSA) is 38.9 Å². The molecule has 2 N–H and O–H groups in total. The van der Waals surface area contributed by atoms with Crippen LogP contribution in [0.4, 0.5) is 0 Å². The lowest BCUT2D eigenvalue weighted by Gasteiger charge is -2.59. The number of nitrogens with two attached hydrogens (primary N) is 1. The van der Waals surface area contributed by atoms with Gasteiger partial charge in [0.25, 0.3) is 0 Å². The van der Waals surface area contributed by atoms with Crippen molar-refractivity contribution in [3.63, 3.8) is 0 Å². The van der Waals surface area contributed by atoms with E-state index in [2.05, 4.69) is 17.1 Å². The van der Waals surface area contributed by atoms with E-state index in [9.17, 15) is 0 Å². The summed E-state index contributed by atoms with van der Waals surface area (Å²) in [5.41, 5.74) is 8.38. The van der Waals surface area contributed by atoms with Crippen LogP contribution in [0.15, 0.2) is 24.5 Å². The zero-order valence-electron chi connectivity index (χ0n) is 10.9. The molecule has 1 aromatic heterocycles. The molecule has 4 bridgehead atoms. The molecule has 96 valence electrons. The van der Waals surface area contributed by atoms with Crippen LogP contribution in [0.2, 0.25) is 0 Å². The Kier molecular flexibility index (Phi) is 2.32. The Morgan fingerprint density at radius 1 is 1.00 bits per heavy atom. The van der Waals surface area contributed by atoms with Crippen molar-refractivity contribution in [2.75, 3.05) is 0 Å².